The van der Waals surface area contributed by atoms with Crippen molar-refractivity contribution in [1.82, 2.24) is 9.88 Å². The first-order chi connectivity index (χ1) is 9.24. The van der Waals surface area contributed by atoms with E-state index in [1.165, 1.54) is 0 Å². The summed E-state index contributed by atoms with van der Waals surface area (Å²) in [6.45, 7) is 1.65. The number of aliphatic hydroxyl groups is 1. The number of carbonyl (C=O) groups is 1. The molecule has 2 heterocycles. The molecule has 19 heavy (non-hydrogen) atoms. The van der Waals surface area contributed by atoms with Crippen LogP contribution >= 0.6 is 0 Å². The highest BCUT2D eigenvalue weighted by Crippen LogP contribution is 2.20. The fraction of sp³-hybridized carbons (Fsp3) is 0.538. The van der Waals surface area contributed by atoms with Gasteiger partial charge in [0.25, 0.3) is 5.91 Å². The maximum Gasteiger partial charge on any atom is 0.272 e. The quantitative estimate of drug-likeness (QED) is 0.547. The fourth-order valence-electron chi connectivity index (χ4n) is 2.44. The topological polar surface area (TPSA) is 91.5 Å². The molecule has 1 aromatic rings. The predicted molar refractivity (Wildman–Crippen MR) is 72.4 cm³/mol. The van der Waals surface area contributed by atoms with Gasteiger partial charge >= 0.3 is 0 Å². The van der Waals surface area contributed by atoms with Crippen LogP contribution in [0.5, 0.6) is 0 Å². The number of hydrogen-bond donors (Lipinski definition) is 3. The summed E-state index contributed by atoms with van der Waals surface area (Å²) in [7, 11) is 0. The number of carbonyl (C=O) groups excluding carboxylic acids is 1. The van der Waals surface area contributed by atoms with Gasteiger partial charge in [-0.3, -0.25) is 10.6 Å². The number of amides is 1. The molecule has 0 bridgehead atoms. The third kappa shape index (κ3) is 3.42. The Morgan fingerprint density at radius 1 is 1.58 bits per heavy atom. The fourth-order valence-corrected chi connectivity index (χ4v) is 2.44. The molecular weight excluding hydrogens is 244 g/mol. The van der Waals surface area contributed by atoms with Gasteiger partial charge in [0.1, 0.15) is 5.69 Å². The summed E-state index contributed by atoms with van der Waals surface area (Å²) in [5.41, 5.74) is 3.59. The van der Waals surface area contributed by atoms with Gasteiger partial charge in [-0.15, -0.1) is 0 Å². The van der Waals surface area contributed by atoms with E-state index in [-0.39, 0.29) is 12.5 Å². The molecular formula is C13H20N4O2. The van der Waals surface area contributed by atoms with Crippen LogP contribution in [0.15, 0.2) is 18.3 Å². The van der Waals surface area contributed by atoms with Gasteiger partial charge in [-0.1, -0.05) is 0 Å². The number of rotatable bonds is 4. The summed E-state index contributed by atoms with van der Waals surface area (Å²) in [6.07, 6.45) is 4.36. The number of piperidine rings is 1. The summed E-state index contributed by atoms with van der Waals surface area (Å²) in [6, 6.07) is 3.41. The van der Waals surface area contributed by atoms with Crippen LogP contribution in [0.3, 0.4) is 0 Å². The van der Waals surface area contributed by atoms with Crippen LogP contribution in [0.25, 0.3) is 0 Å². The smallest absolute Gasteiger partial charge is 0.272 e. The number of likely N-dealkylation sites (tertiary alicyclic amines) is 1. The van der Waals surface area contributed by atoms with Gasteiger partial charge in [0.2, 0.25) is 0 Å². The maximum absolute atomic E-state index is 12.3. The Morgan fingerprint density at radius 3 is 3.05 bits per heavy atom. The molecule has 104 valence electrons. The minimum Gasteiger partial charge on any atom is -0.396 e. The molecule has 1 atom stereocenters. The molecule has 6 heteroatoms. The summed E-state index contributed by atoms with van der Waals surface area (Å²) >= 11 is 0. The minimum absolute atomic E-state index is 0.0498. The molecule has 1 aliphatic rings. The Bertz CT molecular complexity index is 419. The van der Waals surface area contributed by atoms with Crippen molar-refractivity contribution in [3.05, 3.63) is 24.0 Å². The summed E-state index contributed by atoms with van der Waals surface area (Å²) in [5, 5.41) is 8.98. The molecule has 0 aliphatic carbocycles. The largest absolute Gasteiger partial charge is 0.396 e. The van der Waals surface area contributed by atoms with Crippen LogP contribution < -0.4 is 11.3 Å². The Morgan fingerprint density at radius 2 is 2.42 bits per heavy atom. The number of nitrogens with one attached hydrogen (secondary N) is 1. The number of aromatic nitrogens is 1. The number of hydrazine groups is 1. The molecule has 1 fully saturated rings. The average Bonchev–Trinajstić information content (AvgIpc) is 2.47. The van der Waals surface area contributed by atoms with Gasteiger partial charge in [-0.05, 0) is 37.3 Å². The molecule has 0 spiro atoms. The van der Waals surface area contributed by atoms with E-state index in [1.54, 1.807) is 18.3 Å². The van der Waals surface area contributed by atoms with Gasteiger partial charge < -0.3 is 15.4 Å². The second kappa shape index (κ2) is 6.49. The zero-order valence-corrected chi connectivity index (χ0v) is 10.9. The zero-order valence-electron chi connectivity index (χ0n) is 10.9. The van der Waals surface area contributed by atoms with E-state index >= 15 is 0 Å². The lowest BCUT2D eigenvalue weighted by atomic mass is 9.95. The van der Waals surface area contributed by atoms with Crippen LogP contribution in [0.4, 0.5) is 5.69 Å². The number of aliphatic hydroxyl groups excluding tert-OH is 1. The standard InChI is InChI=1S/C13H20N4O2/c14-16-11-3-4-12(15-8-11)13(19)17-6-1-2-10(9-17)5-7-18/h3-4,8,10,16,18H,1-2,5-7,9,14H2. The van der Waals surface area contributed by atoms with Crippen molar-refractivity contribution in [2.24, 2.45) is 11.8 Å². The number of nitrogen functional groups attached to an aromatic ring is 1. The van der Waals surface area contributed by atoms with E-state index in [4.69, 9.17) is 10.9 Å². The molecule has 2 rings (SSSR count). The molecule has 1 unspecified atom stereocenters. The lowest BCUT2D eigenvalue weighted by Gasteiger charge is -2.32. The van der Waals surface area contributed by atoms with Crippen LogP contribution in [0.2, 0.25) is 0 Å². The molecule has 4 N–H and O–H groups in total. The molecule has 6 nitrogen and oxygen atoms in total. The second-order valence-corrected chi connectivity index (χ2v) is 4.85. The third-order valence-corrected chi connectivity index (χ3v) is 3.49. The van der Waals surface area contributed by atoms with Crippen molar-refractivity contribution in [3.63, 3.8) is 0 Å². The Balaban J connectivity index is 2.01. The number of pyridine rings is 1. The predicted octanol–water partition coefficient (Wildman–Crippen LogP) is 0.602. The van der Waals surface area contributed by atoms with E-state index in [1.807, 2.05) is 4.90 Å². The normalized spacial score (nSPS) is 19.3. The lowest BCUT2D eigenvalue weighted by Crippen LogP contribution is -2.40. The highest BCUT2D eigenvalue weighted by atomic mass is 16.3. The van der Waals surface area contributed by atoms with E-state index < -0.39 is 0 Å². The lowest BCUT2D eigenvalue weighted by molar-refractivity contribution is 0.0648. The van der Waals surface area contributed by atoms with Crippen molar-refractivity contribution < 1.29 is 9.90 Å². The molecule has 1 amide bonds. The van der Waals surface area contributed by atoms with Crippen LogP contribution in [0, 0.1) is 5.92 Å². The first kappa shape index (κ1) is 13.8. The highest BCUT2D eigenvalue weighted by molar-refractivity contribution is 5.92. The van der Waals surface area contributed by atoms with Crippen LogP contribution in [-0.4, -0.2) is 40.6 Å². The number of hydrogen-bond acceptors (Lipinski definition) is 5. The van der Waals surface area contributed by atoms with E-state index in [9.17, 15) is 4.79 Å². The molecule has 0 aromatic carbocycles. The van der Waals surface area contributed by atoms with Crippen LogP contribution in [0.1, 0.15) is 29.8 Å². The van der Waals surface area contributed by atoms with Crippen LogP contribution in [-0.2, 0) is 0 Å². The Kier molecular flexibility index (Phi) is 4.70. The Labute approximate surface area is 112 Å². The summed E-state index contributed by atoms with van der Waals surface area (Å²) < 4.78 is 0. The highest BCUT2D eigenvalue weighted by Gasteiger charge is 2.24. The van der Waals surface area contributed by atoms with Crippen molar-refractivity contribution in [2.45, 2.75) is 19.3 Å². The van der Waals surface area contributed by atoms with Crippen molar-refractivity contribution in [3.8, 4) is 0 Å². The monoisotopic (exact) mass is 264 g/mol. The zero-order chi connectivity index (χ0) is 13.7. The third-order valence-electron chi connectivity index (χ3n) is 3.49. The Hall–Kier alpha value is -1.66. The molecule has 1 saturated heterocycles. The first-order valence-corrected chi connectivity index (χ1v) is 6.57. The molecule has 0 radical (unpaired) electrons. The molecule has 1 aliphatic heterocycles. The van der Waals surface area contributed by atoms with Gasteiger partial charge in [-0.2, -0.15) is 0 Å². The number of nitrogens with two attached hydrogens (primary N) is 1. The molecule has 0 saturated carbocycles. The second-order valence-electron chi connectivity index (χ2n) is 4.85. The summed E-state index contributed by atoms with van der Waals surface area (Å²) in [5.74, 6) is 5.61. The number of nitrogens with zero attached hydrogens (tertiary/aromatic N) is 2. The van der Waals surface area contributed by atoms with Gasteiger partial charge in [0, 0.05) is 19.7 Å². The summed E-state index contributed by atoms with van der Waals surface area (Å²) in [4.78, 5) is 18.2. The van der Waals surface area contributed by atoms with Gasteiger partial charge in [0.15, 0.2) is 0 Å². The van der Waals surface area contributed by atoms with E-state index in [0.29, 0.717) is 23.8 Å². The van der Waals surface area contributed by atoms with Crippen molar-refractivity contribution >= 4 is 11.6 Å². The SMILES string of the molecule is NNc1ccc(C(=O)N2CCCC(CCO)C2)nc1. The average molecular weight is 264 g/mol. The van der Waals surface area contributed by atoms with Crippen molar-refractivity contribution in [1.29, 1.82) is 0 Å². The van der Waals surface area contributed by atoms with Gasteiger partial charge in [-0.25, -0.2) is 4.98 Å². The van der Waals surface area contributed by atoms with Crippen molar-refractivity contribution in [2.75, 3.05) is 25.1 Å². The first-order valence-electron chi connectivity index (χ1n) is 6.57. The van der Waals surface area contributed by atoms with E-state index in [0.717, 1.165) is 25.8 Å². The molecule has 1 aromatic heterocycles. The minimum atomic E-state index is -0.0498. The van der Waals surface area contributed by atoms with Gasteiger partial charge in [0.05, 0.1) is 11.9 Å². The van der Waals surface area contributed by atoms with E-state index in [2.05, 4.69) is 10.4 Å². The maximum atomic E-state index is 12.3. The number of anilines is 1.